The number of nitriles is 1. The Kier molecular flexibility index (Phi) is 2.53. The van der Waals surface area contributed by atoms with E-state index in [0.29, 0.717) is 5.82 Å². The van der Waals surface area contributed by atoms with E-state index < -0.39 is 5.97 Å². The molecule has 0 amide bonds. The smallest absolute Gasteiger partial charge is 0.352 e. The van der Waals surface area contributed by atoms with Crippen LogP contribution in [0.2, 0.25) is 0 Å². The average molecular weight is 167 g/mol. The van der Waals surface area contributed by atoms with Crippen LogP contribution >= 0.6 is 0 Å². The van der Waals surface area contributed by atoms with E-state index in [9.17, 15) is 4.79 Å². The molecule has 1 aliphatic heterocycles. The van der Waals surface area contributed by atoms with Crippen molar-refractivity contribution < 1.29 is 9.53 Å². The van der Waals surface area contributed by atoms with Gasteiger partial charge in [-0.15, -0.1) is 0 Å². The minimum Gasteiger partial charge on any atom is -0.465 e. The van der Waals surface area contributed by atoms with Gasteiger partial charge in [0.15, 0.2) is 5.57 Å². The average Bonchev–Trinajstić information content (AvgIpc) is 2.58. The number of hydrogen-bond acceptors (Lipinski definition) is 5. The molecular weight excluding hydrogens is 158 g/mol. The number of carbonyl (C=O) groups excluding carboxylic acids is 1. The maximum atomic E-state index is 10.9. The highest BCUT2D eigenvalue weighted by Crippen LogP contribution is 2.02. The van der Waals surface area contributed by atoms with Crippen molar-refractivity contribution in [3.63, 3.8) is 0 Å². The molecule has 0 aromatic carbocycles. The molecule has 0 unspecified atom stereocenters. The molecule has 1 aliphatic rings. The monoisotopic (exact) mass is 167 g/mol. The third kappa shape index (κ3) is 1.48. The summed E-state index contributed by atoms with van der Waals surface area (Å²) in [6, 6.07) is 1.77. The van der Waals surface area contributed by atoms with E-state index >= 15 is 0 Å². The van der Waals surface area contributed by atoms with Crippen molar-refractivity contribution in [1.29, 1.82) is 5.26 Å². The van der Waals surface area contributed by atoms with Crippen molar-refractivity contribution in [2.45, 2.75) is 0 Å². The molecule has 0 atom stereocenters. The summed E-state index contributed by atoms with van der Waals surface area (Å²) in [6.45, 7) is 1.44. The Morgan fingerprint density at radius 2 is 2.17 bits per heavy atom. The highest BCUT2D eigenvalue weighted by Gasteiger charge is 2.18. The molecule has 0 radical (unpaired) electrons. The quantitative estimate of drug-likeness (QED) is 0.300. The summed E-state index contributed by atoms with van der Waals surface area (Å²) in [7, 11) is 1.25. The molecule has 0 aliphatic carbocycles. The molecule has 0 saturated carbocycles. The third-order valence-corrected chi connectivity index (χ3v) is 1.48. The van der Waals surface area contributed by atoms with Crippen LogP contribution in [-0.4, -0.2) is 26.2 Å². The summed E-state index contributed by atoms with van der Waals surface area (Å²) in [4.78, 5) is 10.9. The van der Waals surface area contributed by atoms with Gasteiger partial charge in [-0.05, 0) is 0 Å². The van der Waals surface area contributed by atoms with Crippen molar-refractivity contribution in [2.24, 2.45) is 0 Å². The molecule has 12 heavy (non-hydrogen) atoms. The molecule has 0 bridgehead atoms. The molecule has 5 heteroatoms. The van der Waals surface area contributed by atoms with Gasteiger partial charge in [0.05, 0.1) is 7.11 Å². The topological polar surface area (TPSA) is 74.2 Å². The van der Waals surface area contributed by atoms with Crippen LogP contribution in [-0.2, 0) is 9.53 Å². The molecule has 1 saturated heterocycles. The number of hydrogen-bond donors (Lipinski definition) is 2. The lowest BCUT2D eigenvalue weighted by Crippen LogP contribution is -2.18. The van der Waals surface area contributed by atoms with Crippen LogP contribution in [0, 0.1) is 11.3 Å². The van der Waals surface area contributed by atoms with Gasteiger partial charge in [0.1, 0.15) is 11.9 Å². The standard InChI is InChI=1S/C7H9N3O2/c1-12-7(11)5(4-8)6-9-2-3-10-6/h9-10H,2-3H2,1H3. The van der Waals surface area contributed by atoms with E-state index in [1.807, 2.05) is 0 Å². The Labute approximate surface area is 70.0 Å². The minimum atomic E-state index is -0.616. The zero-order valence-corrected chi connectivity index (χ0v) is 6.68. The van der Waals surface area contributed by atoms with E-state index in [2.05, 4.69) is 15.4 Å². The summed E-state index contributed by atoms with van der Waals surface area (Å²) < 4.78 is 4.42. The van der Waals surface area contributed by atoms with Crippen molar-refractivity contribution >= 4 is 5.97 Å². The number of nitrogens with zero attached hydrogens (tertiary/aromatic N) is 1. The fourth-order valence-electron chi connectivity index (χ4n) is 0.920. The lowest BCUT2D eigenvalue weighted by Gasteiger charge is -2.01. The highest BCUT2D eigenvalue weighted by atomic mass is 16.5. The minimum absolute atomic E-state index is 0.00463. The SMILES string of the molecule is COC(=O)C(C#N)=C1NCCN1. The molecule has 0 aromatic rings. The summed E-state index contributed by atoms with van der Waals surface area (Å²) in [5.74, 6) is -0.154. The van der Waals surface area contributed by atoms with Crippen LogP contribution in [0.15, 0.2) is 11.4 Å². The van der Waals surface area contributed by atoms with Crippen LogP contribution in [0.5, 0.6) is 0 Å². The number of nitrogens with one attached hydrogen (secondary N) is 2. The fourth-order valence-corrected chi connectivity index (χ4v) is 0.920. The van der Waals surface area contributed by atoms with Crippen molar-refractivity contribution in [2.75, 3.05) is 20.2 Å². The van der Waals surface area contributed by atoms with E-state index in [-0.39, 0.29) is 5.57 Å². The van der Waals surface area contributed by atoms with Gasteiger partial charge in [-0.1, -0.05) is 0 Å². The molecule has 1 rings (SSSR count). The first-order valence-electron chi connectivity index (χ1n) is 3.50. The first-order chi connectivity index (χ1) is 5.79. The van der Waals surface area contributed by atoms with Gasteiger partial charge < -0.3 is 15.4 Å². The molecule has 1 heterocycles. The van der Waals surface area contributed by atoms with E-state index in [1.165, 1.54) is 7.11 Å². The Morgan fingerprint density at radius 1 is 1.58 bits per heavy atom. The summed E-state index contributed by atoms with van der Waals surface area (Å²) in [6.07, 6.45) is 0. The predicted molar refractivity (Wildman–Crippen MR) is 40.7 cm³/mol. The van der Waals surface area contributed by atoms with Crippen molar-refractivity contribution in [3.8, 4) is 6.07 Å². The second-order valence-electron chi connectivity index (χ2n) is 2.21. The van der Waals surface area contributed by atoms with Crippen LogP contribution in [0.25, 0.3) is 0 Å². The first-order valence-corrected chi connectivity index (χ1v) is 3.50. The van der Waals surface area contributed by atoms with Gasteiger partial charge in [-0.2, -0.15) is 5.26 Å². The molecular formula is C7H9N3O2. The number of rotatable bonds is 1. The molecule has 2 N–H and O–H groups in total. The molecule has 0 aromatic heterocycles. The van der Waals surface area contributed by atoms with Crippen molar-refractivity contribution in [3.05, 3.63) is 11.4 Å². The van der Waals surface area contributed by atoms with Crippen molar-refractivity contribution in [1.82, 2.24) is 10.6 Å². The van der Waals surface area contributed by atoms with Gasteiger partial charge in [0.25, 0.3) is 0 Å². The highest BCUT2D eigenvalue weighted by molar-refractivity contribution is 5.93. The lowest BCUT2D eigenvalue weighted by atomic mass is 10.3. The Morgan fingerprint density at radius 3 is 2.58 bits per heavy atom. The second kappa shape index (κ2) is 3.62. The number of methoxy groups -OCH3 is 1. The van der Waals surface area contributed by atoms with E-state index in [1.54, 1.807) is 6.07 Å². The summed E-state index contributed by atoms with van der Waals surface area (Å²) in [5, 5.41) is 14.3. The maximum Gasteiger partial charge on any atom is 0.352 e. The molecule has 5 nitrogen and oxygen atoms in total. The van der Waals surface area contributed by atoms with Crippen LogP contribution in [0.4, 0.5) is 0 Å². The van der Waals surface area contributed by atoms with Gasteiger partial charge in [-0.3, -0.25) is 0 Å². The van der Waals surface area contributed by atoms with Gasteiger partial charge in [-0.25, -0.2) is 4.79 Å². The number of carbonyl (C=O) groups is 1. The Bertz CT molecular complexity index is 256. The maximum absolute atomic E-state index is 10.9. The van der Waals surface area contributed by atoms with Gasteiger partial charge in [0.2, 0.25) is 0 Å². The van der Waals surface area contributed by atoms with Gasteiger partial charge in [0, 0.05) is 13.1 Å². The summed E-state index contributed by atoms with van der Waals surface area (Å²) in [5.41, 5.74) is -0.00463. The predicted octanol–water partition coefficient (Wildman–Crippen LogP) is -0.913. The molecule has 1 fully saturated rings. The summed E-state index contributed by atoms with van der Waals surface area (Å²) >= 11 is 0. The Balaban J connectivity index is 2.86. The zero-order chi connectivity index (χ0) is 8.97. The molecule has 0 spiro atoms. The van der Waals surface area contributed by atoms with E-state index in [4.69, 9.17) is 5.26 Å². The Hall–Kier alpha value is -1.70. The van der Waals surface area contributed by atoms with Gasteiger partial charge >= 0.3 is 5.97 Å². The zero-order valence-electron chi connectivity index (χ0n) is 6.68. The van der Waals surface area contributed by atoms with Crippen LogP contribution < -0.4 is 10.6 Å². The lowest BCUT2D eigenvalue weighted by molar-refractivity contribution is -0.135. The fraction of sp³-hybridized carbons (Fsp3) is 0.429. The molecule has 64 valence electrons. The largest absolute Gasteiger partial charge is 0.465 e. The van der Waals surface area contributed by atoms with Crippen LogP contribution in [0.1, 0.15) is 0 Å². The third-order valence-electron chi connectivity index (χ3n) is 1.48. The normalized spacial score (nSPS) is 14.2. The second-order valence-corrected chi connectivity index (χ2v) is 2.21. The first kappa shape index (κ1) is 8.40. The number of ether oxygens (including phenoxy) is 1. The van der Waals surface area contributed by atoms with Crippen LogP contribution in [0.3, 0.4) is 0 Å². The van der Waals surface area contributed by atoms with E-state index in [0.717, 1.165) is 13.1 Å². The number of esters is 1.